The van der Waals surface area contributed by atoms with Crippen molar-refractivity contribution < 1.29 is 19.2 Å². The number of hydrogen-bond acceptors (Lipinski definition) is 5. The van der Waals surface area contributed by atoms with Gasteiger partial charge in [-0.2, -0.15) is 0 Å². The fourth-order valence-corrected chi connectivity index (χ4v) is 1.89. The fourth-order valence-electron chi connectivity index (χ4n) is 1.89. The van der Waals surface area contributed by atoms with E-state index in [1.807, 2.05) is 0 Å². The van der Waals surface area contributed by atoms with Crippen molar-refractivity contribution in [2.75, 3.05) is 0 Å². The minimum Gasteiger partial charge on any atom is -0.444 e. The molecule has 1 atom stereocenters. The van der Waals surface area contributed by atoms with E-state index in [-0.39, 0.29) is 5.56 Å². The lowest BCUT2D eigenvalue weighted by Crippen LogP contribution is -2.26. The molecule has 2 aromatic carbocycles. The highest BCUT2D eigenvalue weighted by Crippen LogP contribution is 2.23. The summed E-state index contributed by atoms with van der Waals surface area (Å²) in [6, 6.07) is 13.5. The van der Waals surface area contributed by atoms with E-state index in [9.17, 15) is 19.7 Å². The van der Waals surface area contributed by atoms with Gasteiger partial charge in [-0.05, 0) is 6.07 Å². The summed E-state index contributed by atoms with van der Waals surface area (Å²) in [5, 5.41) is 10.9. The molecule has 112 valence electrons. The molecule has 0 aromatic heterocycles. The largest absolute Gasteiger partial charge is 0.444 e. The van der Waals surface area contributed by atoms with E-state index in [1.54, 1.807) is 30.3 Å². The van der Waals surface area contributed by atoms with Crippen LogP contribution in [0, 0.1) is 10.1 Å². The monoisotopic (exact) mass is 300 g/mol. The first-order valence-electron chi connectivity index (χ1n) is 6.29. The lowest BCUT2D eigenvalue weighted by Gasteiger charge is -2.15. The number of nitrogens with two attached hydrogens (primary N) is 1. The molecule has 0 spiro atoms. The van der Waals surface area contributed by atoms with Gasteiger partial charge in [-0.15, -0.1) is 0 Å². The number of primary amides is 1. The van der Waals surface area contributed by atoms with Crippen LogP contribution in [-0.4, -0.2) is 16.8 Å². The van der Waals surface area contributed by atoms with Crippen LogP contribution in [0.15, 0.2) is 54.6 Å². The van der Waals surface area contributed by atoms with Crippen LogP contribution in [-0.2, 0) is 9.53 Å². The molecule has 22 heavy (non-hydrogen) atoms. The third-order valence-electron chi connectivity index (χ3n) is 2.91. The lowest BCUT2D eigenvalue weighted by molar-refractivity contribution is -0.385. The zero-order valence-corrected chi connectivity index (χ0v) is 11.3. The number of nitrogens with zero attached hydrogens (tertiary/aromatic N) is 1. The molecule has 2 rings (SSSR count). The van der Waals surface area contributed by atoms with Crippen molar-refractivity contribution in [2.24, 2.45) is 5.73 Å². The number of nitro groups is 1. The normalized spacial score (nSPS) is 11.5. The van der Waals surface area contributed by atoms with Crippen molar-refractivity contribution in [3.8, 4) is 0 Å². The molecule has 0 heterocycles. The molecule has 0 radical (unpaired) electrons. The Labute approximate surface area is 125 Å². The second-order valence-corrected chi connectivity index (χ2v) is 4.37. The van der Waals surface area contributed by atoms with Crippen LogP contribution in [0.2, 0.25) is 0 Å². The highest BCUT2D eigenvalue weighted by molar-refractivity contribution is 5.95. The van der Waals surface area contributed by atoms with E-state index in [0.29, 0.717) is 5.56 Å². The fraction of sp³-hybridized carbons (Fsp3) is 0.0667. The molecule has 0 aliphatic heterocycles. The smallest absolute Gasteiger partial charge is 0.346 e. The average Bonchev–Trinajstić information content (AvgIpc) is 2.52. The summed E-state index contributed by atoms with van der Waals surface area (Å²) in [7, 11) is 0. The summed E-state index contributed by atoms with van der Waals surface area (Å²) in [5.74, 6) is -1.85. The quantitative estimate of drug-likeness (QED) is 0.515. The number of carbonyl (C=O) groups excluding carboxylic acids is 2. The molecular weight excluding hydrogens is 288 g/mol. The maximum absolute atomic E-state index is 12.1. The molecule has 0 fully saturated rings. The minimum atomic E-state index is -1.31. The Hall–Kier alpha value is -3.22. The van der Waals surface area contributed by atoms with Crippen LogP contribution in [0.4, 0.5) is 5.69 Å². The Morgan fingerprint density at radius 1 is 1.05 bits per heavy atom. The molecular formula is C15H12N2O5. The SMILES string of the molecule is NC(=O)[C@H](OC(=O)c1ccccc1[N+](=O)[O-])c1ccccc1. The van der Waals surface area contributed by atoms with Gasteiger partial charge in [-0.3, -0.25) is 14.9 Å². The number of para-hydroxylation sites is 1. The molecule has 7 heteroatoms. The van der Waals surface area contributed by atoms with Gasteiger partial charge in [-0.25, -0.2) is 4.79 Å². The van der Waals surface area contributed by atoms with Crippen LogP contribution in [0.5, 0.6) is 0 Å². The Bertz CT molecular complexity index is 715. The van der Waals surface area contributed by atoms with Crippen LogP contribution >= 0.6 is 0 Å². The van der Waals surface area contributed by atoms with Crippen LogP contribution in [0.25, 0.3) is 0 Å². The van der Waals surface area contributed by atoms with Gasteiger partial charge in [-0.1, -0.05) is 42.5 Å². The van der Waals surface area contributed by atoms with Crippen molar-refractivity contribution >= 4 is 17.6 Å². The summed E-state index contributed by atoms with van der Waals surface area (Å²) in [6.45, 7) is 0. The molecule has 7 nitrogen and oxygen atoms in total. The van der Waals surface area contributed by atoms with Crippen molar-refractivity contribution in [3.63, 3.8) is 0 Å². The average molecular weight is 300 g/mol. The molecule has 0 saturated carbocycles. The Morgan fingerprint density at radius 2 is 1.64 bits per heavy atom. The first-order chi connectivity index (χ1) is 10.5. The van der Waals surface area contributed by atoms with Crippen LogP contribution < -0.4 is 5.73 Å². The molecule has 2 N–H and O–H groups in total. The van der Waals surface area contributed by atoms with E-state index in [1.165, 1.54) is 24.3 Å². The van der Waals surface area contributed by atoms with Gasteiger partial charge in [0.2, 0.25) is 6.10 Å². The first-order valence-corrected chi connectivity index (χ1v) is 6.29. The van der Waals surface area contributed by atoms with Crippen LogP contribution in [0.1, 0.15) is 22.0 Å². The highest BCUT2D eigenvalue weighted by Gasteiger charge is 2.27. The summed E-state index contributed by atoms with van der Waals surface area (Å²) in [5.41, 5.74) is 4.99. The Morgan fingerprint density at radius 3 is 2.23 bits per heavy atom. The standard InChI is InChI=1S/C15H12N2O5/c16-14(18)13(10-6-2-1-3-7-10)22-15(19)11-8-4-5-9-12(11)17(20)21/h1-9,13H,(H2,16,18)/t13-/m1/s1. The zero-order chi connectivity index (χ0) is 16.1. The topological polar surface area (TPSA) is 113 Å². The number of amides is 1. The molecule has 2 aromatic rings. The predicted molar refractivity (Wildman–Crippen MR) is 76.9 cm³/mol. The van der Waals surface area contributed by atoms with Gasteiger partial charge < -0.3 is 10.5 Å². The first kappa shape index (κ1) is 15.2. The number of nitro benzene ring substituents is 1. The number of hydrogen-bond donors (Lipinski definition) is 1. The highest BCUT2D eigenvalue weighted by atomic mass is 16.6. The van der Waals surface area contributed by atoms with Gasteiger partial charge >= 0.3 is 5.97 Å². The van der Waals surface area contributed by atoms with Gasteiger partial charge in [0.05, 0.1) is 4.92 Å². The van der Waals surface area contributed by atoms with E-state index < -0.39 is 28.6 Å². The van der Waals surface area contributed by atoms with Gasteiger partial charge in [0.1, 0.15) is 5.56 Å². The van der Waals surface area contributed by atoms with Gasteiger partial charge in [0.25, 0.3) is 11.6 Å². The molecule has 0 bridgehead atoms. The molecule has 0 saturated heterocycles. The van der Waals surface area contributed by atoms with Gasteiger partial charge in [0.15, 0.2) is 0 Å². The van der Waals surface area contributed by atoms with E-state index in [0.717, 1.165) is 0 Å². The molecule has 0 unspecified atom stereocenters. The third-order valence-corrected chi connectivity index (χ3v) is 2.91. The van der Waals surface area contributed by atoms with Gasteiger partial charge in [0, 0.05) is 11.6 Å². The van der Waals surface area contributed by atoms with Crippen molar-refractivity contribution in [3.05, 3.63) is 75.8 Å². The molecule has 0 aliphatic rings. The maximum atomic E-state index is 12.1. The number of carbonyl (C=O) groups is 2. The minimum absolute atomic E-state index is 0.241. The summed E-state index contributed by atoms with van der Waals surface area (Å²) in [6.07, 6.45) is -1.31. The second-order valence-electron chi connectivity index (χ2n) is 4.37. The van der Waals surface area contributed by atoms with E-state index in [4.69, 9.17) is 10.5 Å². The van der Waals surface area contributed by atoms with E-state index >= 15 is 0 Å². The second kappa shape index (κ2) is 6.49. The molecule has 1 amide bonds. The zero-order valence-electron chi connectivity index (χ0n) is 11.3. The lowest BCUT2D eigenvalue weighted by atomic mass is 10.1. The molecule has 0 aliphatic carbocycles. The Kier molecular flexibility index (Phi) is 4.47. The van der Waals surface area contributed by atoms with Crippen LogP contribution in [0.3, 0.4) is 0 Å². The summed E-state index contributed by atoms with van der Waals surface area (Å²) >= 11 is 0. The number of rotatable bonds is 5. The van der Waals surface area contributed by atoms with Crippen molar-refractivity contribution in [1.82, 2.24) is 0 Å². The van der Waals surface area contributed by atoms with E-state index in [2.05, 4.69) is 0 Å². The predicted octanol–water partition coefficient (Wildman–Crippen LogP) is 1.98. The Balaban J connectivity index is 2.30. The third kappa shape index (κ3) is 3.26. The maximum Gasteiger partial charge on any atom is 0.346 e. The van der Waals surface area contributed by atoms with Crippen molar-refractivity contribution in [2.45, 2.75) is 6.10 Å². The number of benzene rings is 2. The number of esters is 1. The summed E-state index contributed by atoms with van der Waals surface area (Å²) < 4.78 is 5.06. The number of ether oxygens (including phenoxy) is 1. The van der Waals surface area contributed by atoms with Crippen molar-refractivity contribution in [1.29, 1.82) is 0 Å². The summed E-state index contributed by atoms with van der Waals surface area (Å²) in [4.78, 5) is 33.8.